The maximum absolute atomic E-state index is 12.0. The Hall–Kier alpha value is -1.79. The van der Waals surface area contributed by atoms with Gasteiger partial charge in [0.25, 0.3) is 0 Å². The molecule has 0 aliphatic carbocycles. The Kier molecular flexibility index (Phi) is 10.1. The van der Waals surface area contributed by atoms with Crippen molar-refractivity contribution in [3.8, 4) is 0 Å². The van der Waals surface area contributed by atoms with Gasteiger partial charge in [-0.15, -0.1) is 12.4 Å². The summed E-state index contributed by atoms with van der Waals surface area (Å²) in [5.74, 6) is -0.266. The van der Waals surface area contributed by atoms with Gasteiger partial charge in [0, 0.05) is 25.2 Å². The van der Waals surface area contributed by atoms with E-state index < -0.39 is 5.97 Å². The molecular weight excluding hydrogens is 354 g/mol. The third-order valence-corrected chi connectivity index (χ3v) is 4.58. The maximum atomic E-state index is 12.0. The summed E-state index contributed by atoms with van der Waals surface area (Å²) >= 11 is 0. The van der Waals surface area contributed by atoms with Gasteiger partial charge in [0.15, 0.2) is 0 Å². The number of piperidine rings is 1. The van der Waals surface area contributed by atoms with Gasteiger partial charge in [0.05, 0.1) is 0 Å². The van der Waals surface area contributed by atoms with Crippen LogP contribution in [0, 0.1) is 12.8 Å². The Balaban J connectivity index is 0.00000338. The number of benzene rings is 1. The average molecular weight is 384 g/mol. The van der Waals surface area contributed by atoms with Gasteiger partial charge in [-0.3, -0.25) is 4.79 Å². The summed E-state index contributed by atoms with van der Waals surface area (Å²) in [6, 6.07) is 7.57. The monoisotopic (exact) mass is 383 g/mol. The van der Waals surface area contributed by atoms with E-state index >= 15 is 0 Å². The van der Waals surface area contributed by atoms with Crippen LogP contribution in [-0.2, 0) is 4.79 Å². The summed E-state index contributed by atoms with van der Waals surface area (Å²) in [6.45, 7) is 5.67. The Morgan fingerprint density at radius 2 is 1.96 bits per heavy atom. The van der Waals surface area contributed by atoms with E-state index in [1.165, 1.54) is 0 Å². The van der Waals surface area contributed by atoms with Crippen molar-refractivity contribution in [3.63, 3.8) is 0 Å². The SMILES string of the molecule is Cc1ccc(NC(=O)NCC2CCCN(CCCCC(=O)O)C2)cc1.Cl. The Bertz CT molecular complexity index is 566. The molecule has 2 amide bonds. The quantitative estimate of drug-likeness (QED) is 0.600. The van der Waals surface area contributed by atoms with E-state index in [2.05, 4.69) is 15.5 Å². The van der Waals surface area contributed by atoms with Crippen molar-refractivity contribution >= 4 is 30.1 Å². The second-order valence-corrected chi connectivity index (χ2v) is 6.86. The Morgan fingerprint density at radius 1 is 1.23 bits per heavy atom. The Morgan fingerprint density at radius 3 is 2.65 bits per heavy atom. The average Bonchev–Trinajstić information content (AvgIpc) is 2.59. The molecule has 26 heavy (non-hydrogen) atoms. The van der Waals surface area contributed by atoms with Crippen LogP contribution < -0.4 is 10.6 Å². The molecule has 2 rings (SSSR count). The zero-order valence-electron chi connectivity index (χ0n) is 15.4. The smallest absolute Gasteiger partial charge is 0.319 e. The van der Waals surface area contributed by atoms with E-state index in [4.69, 9.17) is 5.11 Å². The number of rotatable bonds is 8. The van der Waals surface area contributed by atoms with Gasteiger partial charge in [-0.1, -0.05) is 17.7 Å². The number of hydrogen-bond donors (Lipinski definition) is 3. The number of nitrogens with one attached hydrogen (secondary N) is 2. The van der Waals surface area contributed by atoms with Gasteiger partial charge in [-0.25, -0.2) is 4.79 Å². The molecule has 1 aliphatic rings. The minimum atomic E-state index is -0.722. The number of urea groups is 1. The number of aryl methyl sites for hydroxylation is 1. The van der Waals surface area contributed by atoms with Crippen LogP contribution in [0.15, 0.2) is 24.3 Å². The fraction of sp³-hybridized carbons (Fsp3) is 0.579. The molecule has 6 nitrogen and oxygen atoms in total. The highest BCUT2D eigenvalue weighted by atomic mass is 35.5. The van der Waals surface area contributed by atoms with Gasteiger partial charge < -0.3 is 20.6 Å². The number of anilines is 1. The van der Waals surface area contributed by atoms with Crippen molar-refractivity contribution in [2.45, 2.75) is 39.0 Å². The zero-order valence-corrected chi connectivity index (χ0v) is 16.2. The van der Waals surface area contributed by atoms with Crippen LogP contribution in [0.1, 0.15) is 37.7 Å². The molecule has 146 valence electrons. The molecule has 0 saturated carbocycles. The number of carboxylic acids is 1. The van der Waals surface area contributed by atoms with Gasteiger partial charge >= 0.3 is 12.0 Å². The topological polar surface area (TPSA) is 81.7 Å². The van der Waals surface area contributed by atoms with Crippen LogP contribution in [0.4, 0.5) is 10.5 Å². The highest BCUT2D eigenvalue weighted by Gasteiger charge is 2.20. The minimum Gasteiger partial charge on any atom is -0.481 e. The van der Waals surface area contributed by atoms with Crippen molar-refractivity contribution in [2.75, 3.05) is 31.5 Å². The van der Waals surface area contributed by atoms with Crippen LogP contribution >= 0.6 is 12.4 Å². The number of likely N-dealkylation sites (tertiary alicyclic amines) is 1. The molecule has 0 spiro atoms. The number of carbonyl (C=O) groups is 2. The van der Waals surface area contributed by atoms with Crippen molar-refractivity contribution in [2.24, 2.45) is 5.92 Å². The van der Waals surface area contributed by atoms with Gasteiger partial charge in [0.1, 0.15) is 0 Å². The van der Waals surface area contributed by atoms with Crippen molar-refractivity contribution < 1.29 is 14.7 Å². The number of aliphatic carboxylic acids is 1. The van der Waals surface area contributed by atoms with Crippen molar-refractivity contribution in [3.05, 3.63) is 29.8 Å². The summed E-state index contributed by atoms with van der Waals surface area (Å²) in [4.78, 5) is 24.9. The van der Waals surface area contributed by atoms with Gasteiger partial charge in [0.2, 0.25) is 0 Å². The second-order valence-electron chi connectivity index (χ2n) is 6.86. The van der Waals surface area contributed by atoms with E-state index in [1.54, 1.807) is 0 Å². The third-order valence-electron chi connectivity index (χ3n) is 4.58. The first-order valence-electron chi connectivity index (χ1n) is 9.08. The lowest BCUT2D eigenvalue weighted by Crippen LogP contribution is -2.42. The second kappa shape index (κ2) is 11.8. The number of nitrogens with zero attached hydrogens (tertiary/aromatic N) is 1. The van der Waals surface area contributed by atoms with E-state index in [-0.39, 0.29) is 24.9 Å². The number of carbonyl (C=O) groups excluding carboxylic acids is 1. The molecular formula is C19H30ClN3O3. The summed E-state index contributed by atoms with van der Waals surface area (Å²) in [5.41, 5.74) is 1.96. The van der Waals surface area contributed by atoms with Crippen molar-refractivity contribution in [1.82, 2.24) is 10.2 Å². The normalized spacial score (nSPS) is 17.2. The lowest BCUT2D eigenvalue weighted by Gasteiger charge is -2.32. The van der Waals surface area contributed by atoms with E-state index in [9.17, 15) is 9.59 Å². The summed E-state index contributed by atoms with van der Waals surface area (Å²) < 4.78 is 0. The number of hydrogen-bond acceptors (Lipinski definition) is 3. The lowest BCUT2D eigenvalue weighted by atomic mass is 9.98. The van der Waals surface area contributed by atoms with Gasteiger partial charge in [-0.2, -0.15) is 0 Å². The number of unbranched alkanes of at least 4 members (excludes halogenated alkanes) is 1. The molecule has 1 atom stereocenters. The molecule has 1 aromatic carbocycles. The maximum Gasteiger partial charge on any atom is 0.319 e. The summed E-state index contributed by atoms with van der Waals surface area (Å²) in [7, 11) is 0. The molecule has 1 aromatic rings. The van der Waals surface area contributed by atoms with Crippen LogP contribution in [-0.4, -0.2) is 48.2 Å². The number of amides is 2. The molecule has 0 radical (unpaired) electrons. The molecule has 1 unspecified atom stereocenters. The summed E-state index contributed by atoms with van der Waals surface area (Å²) in [6.07, 6.45) is 4.15. The number of carboxylic acid groups (broad SMARTS) is 1. The van der Waals surface area contributed by atoms with Crippen LogP contribution in [0.25, 0.3) is 0 Å². The largest absolute Gasteiger partial charge is 0.481 e. The first-order valence-corrected chi connectivity index (χ1v) is 9.08. The Labute approximate surface area is 161 Å². The fourth-order valence-corrected chi connectivity index (χ4v) is 3.18. The minimum absolute atomic E-state index is 0. The molecule has 3 N–H and O–H groups in total. The van der Waals surface area contributed by atoms with Gasteiger partial charge in [-0.05, 0) is 63.7 Å². The van der Waals surface area contributed by atoms with Crippen LogP contribution in [0.5, 0.6) is 0 Å². The molecule has 0 aromatic heterocycles. The highest BCUT2D eigenvalue weighted by molar-refractivity contribution is 5.89. The van der Waals surface area contributed by atoms with E-state index in [0.29, 0.717) is 12.5 Å². The predicted octanol–water partition coefficient (Wildman–Crippen LogP) is 3.51. The first-order chi connectivity index (χ1) is 12.0. The molecule has 1 fully saturated rings. The molecule has 7 heteroatoms. The highest BCUT2D eigenvalue weighted by Crippen LogP contribution is 2.16. The third kappa shape index (κ3) is 8.54. The number of halogens is 1. The van der Waals surface area contributed by atoms with E-state index in [0.717, 1.165) is 56.6 Å². The van der Waals surface area contributed by atoms with Crippen molar-refractivity contribution in [1.29, 1.82) is 0 Å². The molecule has 1 aliphatic heterocycles. The lowest BCUT2D eigenvalue weighted by molar-refractivity contribution is -0.137. The fourth-order valence-electron chi connectivity index (χ4n) is 3.18. The molecule has 1 heterocycles. The van der Waals surface area contributed by atoms with Crippen LogP contribution in [0.2, 0.25) is 0 Å². The standard InChI is InChI=1S/C19H29N3O3.ClH/c1-15-7-9-17(10-8-15)21-19(25)20-13-16-5-4-12-22(14-16)11-3-2-6-18(23)24;/h7-10,16H,2-6,11-14H2,1H3,(H,23,24)(H2,20,21,25);1H. The van der Waals surface area contributed by atoms with E-state index in [1.807, 2.05) is 31.2 Å². The summed E-state index contributed by atoms with van der Waals surface area (Å²) in [5, 5.41) is 14.5. The molecule has 0 bridgehead atoms. The first kappa shape index (κ1) is 22.3. The van der Waals surface area contributed by atoms with Crippen LogP contribution in [0.3, 0.4) is 0 Å². The zero-order chi connectivity index (χ0) is 18.1. The molecule has 1 saturated heterocycles. The predicted molar refractivity (Wildman–Crippen MR) is 106 cm³/mol.